The third kappa shape index (κ3) is 1.78. The van der Waals surface area contributed by atoms with E-state index in [-0.39, 0.29) is 12.2 Å². The summed E-state index contributed by atoms with van der Waals surface area (Å²) in [6, 6.07) is 0.546. The van der Waals surface area contributed by atoms with Gasteiger partial charge in [-0.05, 0) is 32.1 Å². The van der Waals surface area contributed by atoms with Gasteiger partial charge in [0.1, 0.15) is 0 Å². The van der Waals surface area contributed by atoms with Gasteiger partial charge >= 0.3 is 0 Å². The summed E-state index contributed by atoms with van der Waals surface area (Å²) in [7, 11) is 0. The summed E-state index contributed by atoms with van der Waals surface area (Å²) in [5.74, 6) is 0.998. The van der Waals surface area contributed by atoms with Crippen molar-refractivity contribution in [2.75, 3.05) is 0 Å². The number of nitrogens with zero attached hydrogens (tertiary/aromatic N) is 1. The summed E-state index contributed by atoms with van der Waals surface area (Å²) in [6.07, 6.45) is 4.88. The SMILES string of the molecule is CCC1NC(C)N(C2CCCC2C)C1=O. The average Bonchev–Trinajstić information content (AvgIpc) is 2.71. The molecule has 3 nitrogen and oxygen atoms in total. The van der Waals surface area contributed by atoms with Gasteiger partial charge in [-0.3, -0.25) is 10.1 Å². The number of hydrogen-bond donors (Lipinski definition) is 1. The van der Waals surface area contributed by atoms with Crippen molar-refractivity contribution in [1.29, 1.82) is 0 Å². The van der Waals surface area contributed by atoms with Crippen molar-refractivity contribution in [2.45, 2.75) is 64.7 Å². The van der Waals surface area contributed by atoms with Gasteiger partial charge in [0.05, 0.1) is 12.2 Å². The van der Waals surface area contributed by atoms with Crippen LogP contribution in [-0.2, 0) is 4.79 Å². The fourth-order valence-electron chi connectivity index (χ4n) is 3.10. The van der Waals surface area contributed by atoms with Crippen molar-refractivity contribution in [3.63, 3.8) is 0 Å². The second-order valence-corrected chi connectivity index (χ2v) is 5.02. The van der Waals surface area contributed by atoms with Crippen molar-refractivity contribution in [2.24, 2.45) is 5.92 Å². The predicted molar refractivity (Wildman–Crippen MR) is 60.3 cm³/mol. The third-order valence-electron chi connectivity index (χ3n) is 3.99. The highest BCUT2D eigenvalue weighted by molar-refractivity contribution is 5.84. The maximum atomic E-state index is 12.1. The van der Waals surface area contributed by atoms with E-state index in [1.54, 1.807) is 0 Å². The summed E-state index contributed by atoms with van der Waals surface area (Å²) in [5.41, 5.74) is 0. The highest BCUT2D eigenvalue weighted by Gasteiger charge is 2.42. The van der Waals surface area contributed by atoms with Crippen LogP contribution in [-0.4, -0.2) is 29.1 Å². The highest BCUT2D eigenvalue weighted by Crippen LogP contribution is 2.32. The summed E-state index contributed by atoms with van der Waals surface area (Å²) < 4.78 is 0. The fraction of sp³-hybridized carbons (Fsp3) is 0.917. The molecule has 1 aliphatic heterocycles. The second-order valence-electron chi connectivity index (χ2n) is 5.02. The molecule has 2 rings (SSSR count). The number of nitrogens with one attached hydrogen (secondary N) is 1. The topological polar surface area (TPSA) is 32.3 Å². The summed E-state index contributed by atoms with van der Waals surface area (Å²) in [4.78, 5) is 14.2. The normalized spacial score (nSPS) is 41.5. The van der Waals surface area contributed by atoms with Gasteiger partial charge in [0.25, 0.3) is 0 Å². The molecule has 0 bridgehead atoms. The molecule has 1 saturated heterocycles. The van der Waals surface area contributed by atoms with E-state index in [4.69, 9.17) is 0 Å². The fourth-order valence-corrected chi connectivity index (χ4v) is 3.10. The second kappa shape index (κ2) is 4.12. The first kappa shape index (κ1) is 10.9. The van der Waals surface area contributed by atoms with Crippen LogP contribution >= 0.6 is 0 Å². The van der Waals surface area contributed by atoms with Crippen LogP contribution in [0.2, 0.25) is 0 Å². The maximum Gasteiger partial charge on any atom is 0.241 e. The molecule has 1 aliphatic carbocycles. The molecule has 1 heterocycles. The van der Waals surface area contributed by atoms with Crippen LogP contribution in [0.4, 0.5) is 0 Å². The van der Waals surface area contributed by atoms with Gasteiger partial charge in [0, 0.05) is 6.04 Å². The van der Waals surface area contributed by atoms with Gasteiger partial charge in [0.15, 0.2) is 0 Å². The average molecular weight is 210 g/mol. The summed E-state index contributed by atoms with van der Waals surface area (Å²) >= 11 is 0. The van der Waals surface area contributed by atoms with Gasteiger partial charge < -0.3 is 4.90 Å². The van der Waals surface area contributed by atoms with Crippen LogP contribution in [0.5, 0.6) is 0 Å². The van der Waals surface area contributed by atoms with Crippen LogP contribution in [0.15, 0.2) is 0 Å². The minimum Gasteiger partial charge on any atom is -0.323 e. The summed E-state index contributed by atoms with van der Waals surface area (Å²) in [5, 5.41) is 3.38. The van der Waals surface area contributed by atoms with Crippen LogP contribution in [0, 0.1) is 5.92 Å². The van der Waals surface area contributed by atoms with Crippen LogP contribution in [0.25, 0.3) is 0 Å². The molecule has 0 spiro atoms. The molecule has 0 aromatic heterocycles. The molecular weight excluding hydrogens is 188 g/mol. The standard InChI is InChI=1S/C12H22N2O/c1-4-10-12(15)14(9(3)13-10)11-7-5-6-8(11)2/h8-11,13H,4-7H2,1-3H3. The zero-order chi connectivity index (χ0) is 11.0. The zero-order valence-electron chi connectivity index (χ0n) is 9.99. The van der Waals surface area contributed by atoms with Crippen molar-refractivity contribution >= 4 is 5.91 Å². The predicted octanol–water partition coefficient (Wildman–Crippen LogP) is 1.73. The monoisotopic (exact) mass is 210 g/mol. The highest BCUT2D eigenvalue weighted by atomic mass is 16.2. The zero-order valence-corrected chi connectivity index (χ0v) is 9.99. The van der Waals surface area contributed by atoms with E-state index in [1.165, 1.54) is 19.3 Å². The van der Waals surface area contributed by atoms with E-state index in [1.807, 2.05) is 0 Å². The number of rotatable bonds is 2. The van der Waals surface area contributed by atoms with E-state index in [9.17, 15) is 4.79 Å². The Morgan fingerprint density at radius 1 is 1.40 bits per heavy atom. The van der Waals surface area contributed by atoms with Crippen LogP contribution in [0.1, 0.15) is 46.5 Å². The van der Waals surface area contributed by atoms with Gasteiger partial charge in [-0.1, -0.05) is 20.3 Å². The molecule has 2 aliphatic rings. The Bertz CT molecular complexity index is 254. The van der Waals surface area contributed by atoms with E-state index in [0.29, 0.717) is 17.9 Å². The lowest BCUT2D eigenvalue weighted by Crippen LogP contribution is -2.44. The van der Waals surface area contributed by atoms with Gasteiger partial charge in [0.2, 0.25) is 5.91 Å². The largest absolute Gasteiger partial charge is 0.323 e. The van der Waals surface area contributed by atoms with Crippen molar-refractivity contribution in [3.05, 3.63) is 0 Å². The first-order chi connectivity index (χ1) is 7.15. The number of carbonyl (C=O) groups excluding carboxylic acids is 1. The molecule has 3 heteroatoms. The summed E-state index contributed by atoms with van der Waals surface area (Å²) in [6.45, 7) is 6.46. The lowest BCUT2D eigenvalue weighted by Gasteiger charge is -2.31. The van der Waals surface area contributed by atoms with E-state index in [2.05, 4.69) is 31.0 Å². The first-order valence-corrected chi connectivity index (χ1v) is 6.23. The van der Waals surface area contributed by atoms with Crippen molar-refractivity contribution < 1.29 is 4.79 Å². The molecule has 2 fully saturated rings. The molecule has 1 amide bonds. The van der Waals surface area contributed by atoms with Gasteiger partial charge in [-0.25, -0.2) is 0 Å². The molecule has 0 aromatic rings. The third-order valence-corrected chi connectivity index (χ3v) is 3.99. The van der Waals surface area contributed by atoms with E-state index < -0.39 is 0 Å². The molecule has 0 radical (unpaired) electrons. The minimum atomic E-state index is 0.0628. The Kier molecular flexibility index (Phi) is 3.01. The van der Waals surface area contributed by atoms with Gasteiger partial charge in [-0.15, -0.1) is 0 Å². The van der Waals surface area contributed by atoms with Crippen molar-refractivity contribution in [3.8, 4) is 0 Å². The number of carbonyl (C=O) groups is 1. The quantitative estimate of drug-likeness (QED) is 0.753. The smallest absolute Gasteiger partial charge is 0.241 e. The van der Waals surface area contributed by atoms with E-state index in [0.717, 1.165) is 6.42 Å². The Balaban J connectivity index is 2.11. The Morgan fingerprint density at radius 3 is 2.60 bits per heavy atom. The van der Waals surface area contributed by atoms with Crippen LogP contribution in [0.3, 0.4) is 0 Å². The molecule has 4 unspecified atom stereocenters. The molecule has 4 atom stereocenters. The first-order valence-electron chi connectivity index (χ1n) is 6.23. The molecule has 1 saturated carbocycles. The lowest BCUT2D eigenvalue weighted by molar-refractivity contribution is -0.132. The lowest BCUT2D eigenvalue weighted by atomic mass is 10.0. The maximum absolute atomic E-state index is 12.1. The molecule has 15 heavy (non-hydrogen) atoms. The Hall–Kier alpha value is -0.570. The number of hydrogen-bond acceptors (Lipinski definition) is 2. The Morgan fingerprint density at radius 2 is 2.13 bits per heavy atom. The molecule has 0 aromatic carbocycles. The number of amides is 1. The molecule has 1 N–H and O–H groups in total. The van der Waals surface area contributed by atoms with E-state index >= 15 is 0 Å². The van der Waals surface area contributed by atoms with Crippen LogP contribution < -0.4 is 5.32 Å². The van der Waals surface area contributed by atoms with Crippen molar-refractivity contribution in [1.82, 2.24) is 10.2 Å². The minimum absolute atomic E-state index is 0.0628. The molecule has 86 valence electrons. The Labute approximate surface area is 92.2 Å². The molecular formula is C12H22N2O. The van der Waals surface area contributed by atoms with Gasteiger partial charge in [-0.2, -0.15) is 0 Å².